The van der Waals surface area contributed by atoms with Crippen molar-refractivity contribution in [3.05, 3.63) is 71.8 Å². The molecule has 0 fully saturated rings. The highest BCUT2D eigenvalue weighted by Gasteiger charge is 2.22. The Morgan fingerprint density at radius 3 is 2.00 bits per heavy atom. The molecule has 26 heavy (non-hydrogen) atoms. The molecule has 0 bridgehead atoms. The smallest absolute Gasteiger partial charge is 0.305 e. The lowest BCUT2D eigenvalue weighted by Gasteiger charge is -2.32. The van der Waals surface area contributed by atoms with Gasteiger partial charge in [0.05, 0.1) is 12.6 Å². The van der Waals surface area contributed by atoms with Gasteiger partial charge in [-0.3, -0.25) is 9.69 Å². The molecule has 0 amide bonds. The summed E-state index contributed by atoms with van der Waals surface area (Å²) < 4.78 is 5.04. The zero-order chi connectivity index (χ0) is 18.6. The maximum atomic E-state index is 11.7. The van der Waals surface area contributed by atoms with Gasteiger partial charge in [-0.25, -0.2) is 0 Å². The van der Waals surface area contributed by atoms with Crippen LogP contribution in [-0.2, 0) is 9.53 Å². The highest BCUT2D eigenvalue weighted by atomic mass is 16.5. The van der Waals surface area contributed by atoms with Gasteiger partial charge in [-0.2, -0.15) is 0 Å². The van der Waals surface area contributed by atoms with Crippen LogP contribution in [0.5, 0.6) is 0 Å². The van der Waals surface area contributed by atoms with Gasteiger partial charge in [-0.1, -0.05) is 60.7 Å². The van der Waals surface area contributed by atoms with Crippen LogP contribution in [0, 0.1) is 0 Å². The first-order valence-electron chi connectivity index (χ1n) is 9.36. The van der Waals surface area contributed by atoms with Crippen LogP contribution in [0.1, 0.15) is 43.4 Å². The van der Waals surface area contributed by atoms with Crippen LogP contribution < -0.4 is 0 Å². The zero-order valence-electron chi connectivity index (χ0n) is 15.5. The molecule has 4 nitrogen and oxygen atoms in total. The monoisotopic (exact) mass is 355 g/mol. The third-order valence-electron chi connectivity index (χ3n) is 4.33. The van der Waals surface area contributed by atoms with E-state index >= 15 is 0 Å². The Balaban J connectivity index is 2.19. The van der Waals surface area contributed by atoms with E-state index in [-0.39, 0.29) is 18.6 Å². The molecule has 0 saturated carbocycles. The van der Waals surface area contributed by atoms with Crippen molar-refractivity contribution in [3.8, 4) is 0 Å². The second-order valence-corrected chi connectivity index (χ2v) is 6.25. The second-order valence-electron chi connectivity index (χ2n) is 6.25. The Kier molecular flexibility index (Phi) is 8.87. The molecule has 0 unspecified atom stereocenters. The fourth-order valence-electron chi connectivity index (χ4n) is 3.19. The number of hydrogen-bond acceptors (Lipinski definition) is 4. The van der Waals surface area contributed by atoms with Crippen molar-refractivity contribution in [2.45, 2.75) is 32.2 Å². The van der Waals surface area contributed by atoms with E-state index in [0.29, 0.717) is 19.4 Å². The largest absolute Gasteiger partial charge is 0.466 e. The zero-order valence-corrected chi connectivity index (χ0v) is 15.5. The molecule has 140 valence electrons. The van der Waals surface area contributed by atoms with Crippen LogP contribution in [0.15, 0.2) is 60.7 Å². The van der Waals surface area contributed by atoms with Gasteiger partial charge in [0.25, 0.3) is 0 Å². The minimum atomic E-state index is -0.148. The summed E-state index contributed by atoms with van der Waals surface area (Å²) >= 11 is 0. The number of nitrogens with zero attached hydrogens (tertiary/aromatic N) is 1. The van der Waals surface area contributed by atoms with Gasteiger partial charge in [-0.05, 0) is 37.4 Å². The van der Waals surface area contributed by atoms with Gasteiger partial charge in [0.2, 0.25) is 0 Å². The van der Waals surface area contributed by atoms with Gasteiger partial charge in [-0.15, -0.1) is 0 Å². The molecule has 0 atom stereocenters. The summed E-state index contributed by atoms with van der Waals surface area (Å²) in [4.78, 5) is 14.0. The normalized spacial score (nSPS) is 11.1. The Hall–Kier alpha value is -2.17. The SMILES string of the molecule is CCOC(=O)CCCN(CCCO)C(c1ccccc1)c1ccccc1. The highest BCUT2D eigenvalue weighted by molar-refractivity contribution is 5.69. The molecule has 4 heteroatoms. The maximum absolute atomic E-state index is 11.7. The van der Waals surface area contributed by atoms with Crippen LogP contribution in [-0.4, -0.2) is 42.3 Å². The Morgan fingerprint density at radius 2 is 1.50 bits per heavy atom. The van der Waals surface area contributed by atoms with Crippen LogP contribution >= 0.6 is 0 Å². The molecule has 0 aliphatic heterocycles. The summed E-state index contributed by atoms with van der Waals surface area (Å²) in [6.45, 7) is 3.95. The minimum absolute atomic E-state index is 0.103. The van der Waals surface area contributed by atoms with Crippen molar-refractivity contribution in [1.29, 1.82) is 0 Å². The van der Waals surface area contributed by atoms with E-state index in [4.69, 9.17) is 4.74 Å². The summed E-state index contributed by atoms with van der Waals surface area (Å²) in [7, 11) is 0. The number of aliphatic hydroxyl groups is 1. The van der Waals surface area contributed by atoms with E-state index < -0.39 is 0 Å². The molecule has 2 aromatic carbocycles. The van der Waals surface area contributed by atoms with Gasteiger partial charge >= 0.3 is 5.97 Å². The first-order valence-corrected chi connectivity index (χ1v) is 9.36. The van der Waals surface area contributed by atoms with Crippen LogP contribution in [0.25, 0.3) is 0 Å². The molecular formula is C22H29NO3. The molecule has 0 radical (unpaired) electrons. The molecule has 0 spiro atoms. The van der Waals surface area contributed by atoms with Gasteiger partial charge in [0.15, 0.2) is 0 Å². The van der Waals surface area contributed by atoms with Crippen molar-refractivity contribution >= 4 is 5.97 Å². The van der Waals surface area contributed by atoms with Crippen molar-refractivity contribution in [1.82, 2.24) is 4.90 Å². The number of carbonyl (C=O) groups excluding carboxylic acids is 1. The van der Waals surface area contributed by atoms with E-state index in [0.717, 1.165) is 19.5 Å². The van der Waals surface area contributed by atoms with E-state index in [2.05, 4.69) is 29.2 Å². The van der Waals surface area contributed by atoms with Crippen LogP contribution in [0.2, 0.25) is 0 Å². The lowest BCUT2D eigenvalue weighted by molar-refractivity contribution is -0.143. The molecule has 2 aromatic rings. The lowest BCUT2D eigenvalue weighted by atomic mass is 9.96. The van der Waals surface area contributed by atoms with E-state index in [1.165, 1.54) is 11.1 Å². The summed E-state index contributed by atoms with van der Waals surface area (Å²) in [5.41, 5.74) is 2.43. The molecule has 0 aromatic heterocycles. The summed E-state index contributed by atoms with van der Waals surface area (Å²) in [5, 5.41) is 9.32. The van der Waals surface area contributed by atoms with E-state index in [1.54, 1.807) is 0 Å². The Bertz CT molecular complexity index is 591. The number of esters is 1. The molecule has 0 saturated heterocycles. The van der Waals surface area contributed by atoms with Crippen molar-refractivity contribution in [2.75, 3.05) is 26.3 Å². The van der Waals surface area contributed by atoms with Crippen molar-refractivity contribution in [3.63, 3.8) is 0 Å². The lowest BCUT2D eigenvalue weighted by Crippen LogP contribution is -2.32. The predicted molar refractivity (Wildman–Crippen MR) is 104 cm³/mol. The molecule has 0 heterocycles. The number of ether oxygens (including phenoxy) is 1. The fourth-order valence-corrected chi connectivity index (χ4v) is 3.19. The van der Waals surface area contributed by atoms with Crippen molar-refractivity contribution in [2.24, 2.45) is 0 Å². The third kappa shape index (κ3) is 6.28. The van der Waals surface area contributed by atoms with E-state index in [9.17, 15) is 9.90 Å². The Morgan fingerprint density at radius 1 is 0.962 bits per heavy atom. The summed E-state index contributed by atoms with van der Waals surface area (Å²) in [6.07, 6.45) is 1.86. The van der Waals surface area contributed by atoms with Gasteiger partial charge in [0, 0.05) is 19.6 Å². The Labute approximate surface area is 156 Å². The fraction of sp³-hybridized carbons (Fsp3) is 0.409. The quantitative estimate of drug-likeness (QED) is 0.623. The minimum Gasteiger partial charge on any atom is -0.466 e. The number of carbonyl (C=O) groups is 1. The van der Waals surface area contributed by atoms with Crippen molar-refractivity contribution < 1.29 is 14.6 Å². The average molecular weight is 355 g/mol. The first kappa shape index (κ1) is 20.1. The molecule has 2 rings (SSSR count). The van der Waals surface area contributed by atoms with Gasteiger partial charge < -0.3 is 9.84 Å². The summed E-state index contributed by atoms with van der Waals surface area (Å²) in [6, 6.07) is 20.9. The van der Waals surface area contributed by atoms with Crippen LogP contribution in [0.4, 0.5) is 0 Å². The van der Waals surface area contributed by atoms with Crippen LogP contribution in [0.3, 0.4) is 0 Å². The number of hydrogen-bond donors (Lipinski definition) is 1. The highest BCUT2D eigenvalue weighted by Crippen LogP contribution is 2.29. The maximum Gasteiger partial charge on any atom is 0.305 e. The topological polar surface area (TPSA) is 49.8 Å². The second kappa shape index (κ2) is 11.4. The summed E-state index contributed by atoms with van der Waals surface area (Å²) in [5.74, 6) is -0.148. The number of benzene rings is 2. The van der Waals surface area contributed by atoms with E-state index in [1.807, 2.05) is 43.3 Å². The number of aliphatic hydroxyl groups excluding tert-OH is 1. The first-order chi connectivity index (χ1) is 12.8. The molecule has 1 N–H and O–H groups in total. The number of rotatable bonds is 11. The third-order valence-corrected chi connectivity index (χ3v) is 4.33. The molecule has 0 aliphatic carbocycles. The standard InChI is InChI=1S/C22H29NO3/c1-2-26-21(25)15-9-16-23(17-10-18-24)22(19-11-5-3-6-12-19)20-13-7-4-8-14-20/h3-8,11-14,22,24H,2,9-10,15-18H2,1H3. The average Bonchev–Trinajstić information content (AvgIpc) is 2.68. The van der Waals surface area contributed by atoms with Gasteiger partial charge in [0.1, 0.15) is 0 Å². The molecule has 0 aliphatic rings. The molecular weight excluding hydrogens is 326 g/mol. The predicted octanol–water partition coefficient (Wildman–Crippen LogP) is 3.80.